The molecule has 0 unspecified atom stereocenters. The van der Waals surface area contributed by atoms with E-state index in [0.717, 1.165) is 15.9 Å². The fourth-order valence-corrected chi connectivity index (χ4v) is 2.16. The molecule has 116 valence electrons. The monoisotopic (exact) mass is 384 g/mol. The molecular formula is C14H14BrClN4O2. The minimum absolute atomic E-state index is 0.139. The lowest BCUT2D eigenvalue weighted by Crippen LogP contribution is -2.22. The number of amidine groups is 1. The maximum atomic E-state index is 11.8. The van der Waals surface area contributed by atoms with Crippen LogP contribution in [0.5, 0.6) is 0 Å². The van der Waals surface area contributed by atoms with E-state index in [9.17, 15) is 4.79 Å². The second-order valence-electron chi connectivity index (χ2n) is 4.61. The van der Waals surface area contributed by atoms with Gasteiger partial charge in [0.05, 0.1) is 21.4 Å². The molecule has 0 spiro atoms. The van der Waals surface area contributed by atoms with Crippen LogP contribution in [-0.2, 0) is 11.4 Å². The third-order valence-corrected chi connectivity index (χ3v) is 4.33. The first-order valence-corrected chi connectivity index (χ1v) is 7.54. The molecule has 22 heavy (non-hydrogen) atoms. The molecule has 0 saturated carbocycles. The van der Waals surface area contributed by atoms with Gasteiger partial charge in [-0.25, -0.2) is 4.79 Å². The van der Waals surface area contributed by atoms with Crippen molar-refractivity contribution in [2.24, 2.45) is 10.9 Å². The topological polar surface area (TPSA) is 82.5 Å². The predicted molar refractivity (Wildman–Crippen MR) is 87.9 cm³/mol. The van der Waals surface area contributed by atoms with Crippen LogP contribution in [0.4, 0.5) is 0 Å². The van der Waals surface area contributed by atoms with Crippen LogP contribution in [0.2, 0.25) is 5.02 Å². The largest absolute Gasteiger partial charge is 0.383 e. The number of carbonyl (C=O) groups is 1. The van der Waals surface area contributed by atoms with Crippen molar-refractivity contribution < 1.29 is 9.63 Å². The number of rotatable bonds is 4. The van der Waals surface area contributed by atoms with Gasteiger partial charge in [-0.1, -0.05) is 16.8 Å². The predicted octanol–water partition coefficient (Wildman–Crippen LogP) is 3.05. The van der Waals surface area contributed by atoms with E-state index in [-0.39, 0.29) is 12.4 Å². The van der Waals surface area contributed by atoms with E-state index in [4.69, 9.17) is 22.2 Å². The normalized spacial score (nSPS) is 11.5. The molecule has 0 aliphatic heterocycles. The molecule has 2 aromatic rings. The van der Waals surface area contributed by atoms with Crippen LogP contribution in [0.25, 0.3) is 0 Å². The van der Waals surface area contributed by atoms with Crippen molar-refractivity contribution in [2.75, 3.05) is 0 Å². The molecule has 0 aliphatic rings. The second-order valence-corrected chi connectivity index (χ2v) is 5.84. The molecular weight excluding hydrogens is 372 g/mol. The summed E-state index contributed by atoms with van der Waals surface area (Å²) in [5.74, 6) is -0.463. The zero-order chi connectivity index (χ0) is 16.3. The van der Waals surface area contributed by atoms with Gasteiger partial charge in [0.15, 0.2) is 5.84 Å². The summed E-state index contributed by atoms with van der Waals surface area (Å²) in [6.07, 6.45) is 0. The van der Waals surface area contributed by atoms with E-state index in [1.165, 1.54) is 0 Å². The first-order valence-electron chi connectivity index (χ1n) is 6.37. The van der Waals surface area contributed by atoms with E-state index in [2.05, 4.69) is 26.2 Å². The van der Waals surface area contributed by atoms with Gasteiger partial charge in [-0.2, -0.15) is 5.10 Å². The zero-order valence-electron chi connectivity index (χ0n) is 12.0. The molecule has 0 bridgehead atoms. The van der Waals surface area contributed by atoms with Crippen molar-refractivity contribution in [3.63, 3.8) is 0 Å². The van der Waals surface area contributed by atoms with Crippen molar-refractivity contribution >= 4 is 39.3 Å². The van der Waals surface area contributed by atoms with Gasteiger partial charge >= 0.3 is 5.97 Å². The minimum Gasteiger partial charge on any atom is -0.383 e. The molecule has 0 saturated heterocycles. The summed E-state index contributed by atoms with van der Waals surface area (Å²) in [6.45, 7) is 4.00. The molecule has 0 fully saturated rings. The molecule has 6 nitrogen and oxygen atoms in total. The van der Waals surface area contributed by atoms with E-state index >= 15 is 0 Å². The van der Waals surface area contributed by atoms with Crippen LogP contribution in [0.3, 0.4) is 0 Å². The van der Waals surface area contributed by atoms with E-state index in [0.29, 0.717) is 10.6 Å². The molecule has 2 N–H and O–H groups in total. The van der Waals surface area contributed by atoms with Gasteiger partial charge in [-0.05, 0) is 54.0 Å². The number of aromatic nitrogens is 2. The Morgan fingerprint density at radius 1 is 1.41 bits per heavy atom. The Labute approximate surface area is 141 Å². The fourth-order valence-electron chi connectivity index (χ4n) is 1.75. The Balaban J connectivity index is 2.02. The highest BCUT2D eigenvalue weighted by atomic mass is 79.9. The Morgan fingerprint density at radius 2 is 2.05 bits per heavy atom. The summed E-state index contributed by atoms with van der Waals surface area (Å²) in [5.41, 5.74) is 7.87. The maximum absolute atomic E-state index is 11.8. The fraction of sp³-hybridized carbons (Fsp3) is 0.214. The second kappa shape index (κ2) is 6.93. The van der Waals surface area contributed by atoms with Gasteiger partial charge in [0, 0.05) is 5.02 Å². The standard InChI is InChI=1S/C14H14BrClN4O2/c1-8-13(15)9(2)20(18-8)7-12(17)19-22-14(21)10-3-5-11(16)6-4-10/h3-6H,7H2,1-2H3,(H2,17,19). The third-order valence-electron chi connectivity index (χ3n) is 2.93. The van der Waals surface area contributed by atoms with E-state index < -0.39 is 5.97 Å². The quantitative estimate of drug-likeness (QED) is 0.379. The molecule has 0 amide bonds. The Kier molecular flexibility index (Phi) is 5.20. The van der Waals surface area contributed by atoms with Crippen LogP contribution >= 0.6 is 27.5 Å². The van der Waals surface area contributed by atoms with Gasteiger partial charge in [0.2, 0.25) is 0 Å². The van der Waals surface area contributed by atoms with Crippen LogP contribution in [0, 0.1) is 13.8 Å². The average molecular weight is 386 g/mol. The molecule has 8 heteroatoms. The maximum Gasteiger partial charge on any atom is 0.365 e. The van der Waals surface area contributed by atoms with Gasteiger partial charge in [0.1, 0.15) is 6.54 Å². The summed E-state index contributed by atoms with van der Waals surface area (Å²) >= 11 is 9.18. The van der Waals surface area contributed by atoms with Crippen LogP contribution in [0.1, 0.15) is 21.7 Å². The lowest BCUT2D eigenvalue weighted by molar-refractivity contribution is 0.0514. The van der Waals surface area contributed by atoms with Crippen molar-refractivity contribution in [1.82, 2.24) is 9.78 Å². The summed E-state index contributed by atoms with van der Waals surface area (Å²) in [7, 11) is 0. The lowest BCUT2D eigenvalue weighted by atomic mass is 10.2. The van der Waals surface area contributed by atoms with E-state index in [1.807, 2.05) is 13.8 Å². The summed E-state index contributed by atoms with van der Waals surface area (Å²) in [5, 5.41) is 8.47. The average Bonchev–Trinajstić information content (AvgIpc) is 2.73. The highest BCUT2D eigenvalue weighted by molar-refractivity contribution is 9.10. The highest BCUT2D eigenvalue weighted by Gasteiger charge is 2.11. The first-order chi connectivity index (χ1) is 10.4. The zero-order valence-corrected chi connectivity index (χ0v) is 14.3. The Bertz CT molecular complexity index is 725. The first kappa shape index (κ1) is 16.5. The summed E-state index contributed by atoms with van der Waals surface area (Å²) in [6, 6.07) is 6.29. The minimum atomic E-state index is -0.603. The van der Waals surface area contributed by atoms with Gasteiger partial charge in [-0.15, -0.1) is 0 Å². The van der Waals surface area contributed by atoms with Crippen LogP contribution in [-0.4, -0.2) is 21.6 Å². The summed E-state index contributed by atoms with van der Waals surface area (Å²) < 4.78 is 2.59. The van der Waals surface area contributed by atoms with Crippen LogP contribution in [0.15, 0.2) is 33.9 Å². The Hall–Kier alpha value is -1.86. The third kappa shape index (κ3) is 3.86. The number of nitrogens with zero attached hydrogens (tertiary/aromatic N) is 3. The van der Waals surface area contributed by atoms with E-state index in [1.54, 1.807) is 28.9 Å². The van der Waals surface area contributed by atoms with Crippen molar-refractivity contribution in [3.05, 3.63) is 50.7 Å². The lowest BCUT2D eigenvalue weighted by Gasteiger charge is -2.04. The number of hydrogen-bond donors (Lipinski definition) is 1. The van der Waals surface area contributed by atoms with Gasteiger partial charge in [-0.3, -0.25) is 4.68 Å². The van der Waals surface area contributed by atoms with Crippen LogP contribution < -0.4 is 5.73 Å². The molecule has 1 aromatic carbocycles. The number of aryl methyl sites for hydroxylation is 1. The van der Waals surface area contributed by atoms with Gasteiger partial charge < -0.3 is 10.6 Å². The molecule has 2 rings (SSSR count). The van der Waals surface area contributed by atoms with Gasteiger partial charge in [0.25, 0.3) is 0 Å². The molecule has 1 heterocycles. The molecule has 0 atom stereocenters. The Morgan fingerprint density at radius 3 is 2.59 bits per heavy atom. The summed E-state index contributed by atoms with van der Waals surface area (Å²) in [4.78, 5) is 16.6. The smallest absolute Gasteiger partial charge is 0.365 e. The van der Waals surface area contributed by atoms with Crippen molar-refractivity contribution in [3.8, 4) is 0 Å². The molecule has 1 aromatic heterocycles. The SMILES string of the molecule is Cc1nn(C/C(N)=N/OC(=O)c2ccc(Cl)cc2)c(C)c1Br. The number of halogens is 2. The number of carbonyl (C=O) groups excluding carboxylic acids is 1. The number of hydrogen-bond acceptors (Lipinski definition) is 4. The number of benzene rings is 1. The number of nitrogens with two attached hydrogens (primary N) is 1. The van der Waals surface area contributed by atoms with Crippen molar-refractivity contribution in [2.45, 2.75) is 20.4 Å². The molecule has 0 aliphatic carbocycles. The molecule has 0 radical (unpaired) electrons. The number of oxime groups is 1. The highest BCUT2D eigenvalue weighted by Crippen LogP contribution is 2.19. The van der Waals surface area contributed by atoms with Crippen molar-refractivity contribution in [1.29, 1.82) is 0 Å².